The summed E-state index contributed by atoms with van der Waals surface area (Å²) in [7, 11) is 3.23. The molecule has 0 aliphatic carbocycles. The minimum absolute atomic E-state index is 0.0249. The van der Waals surface area contributed by atoms with Gasteiger partial charge < -0.3 is 118 Å². The van der Waals surface area contributed by atoms with E-state index in [1.165, 1.54) is 25.0 Å². The van der Waals surface area contributed by atoms with E-state index < -0.39 is 108 Å². The van der Waals surface area contributed by atoms with Gasteiger partial charge in [0.1, 0.15) is 48.3 Å². The third-order valence-corrected chi connectivity index (χ3v) is 19.0. The van der Waals surface area contributed by atoms with E-state index >= 15 is 0 Å². The molecule has 0 fully saturated rings. The molecule has 3 aromatic heterocycles. The zero-order chi connectivity index (χ0) is 88.6. The number of hydrogen-bond donors (Lipinski definition) is 26. The number of benzene rings is 4. The van der Waals surface area contributed by atoms with Crippen molar-refractivity contribution in [3.63, 3.8) is 0 Å². The molecule has 0 aliphatic rings. The van der Waals surface area contributed by atoms with E-state index in [2.05, 4.69) is 99.4 Å². The van der Waals surface area contributed by atoms with Crippen molar-refractivity contribution in [2.24, 2.45) is 22.9 Å². The van der Waals surface area contributed by atoms with E-state index in [0.717, 1.165) is 10.8 Å². The number of nitrogens with zero attached hydrogens (tertiary/aromatic N) is 4. The number of aromatic nitrogens is 5. The Morgan fingerprint density at radius 3 is 1.03 bits per heavy atom. The number of nitrogens with one attached hydrogen (secondary N) is 21. The summed E-state index contributed by atoms with van der Waals surface area (Å²) in [6.07, 6.45) is 5.63. The number of guanidine groups is 4. The third-order valence-electron chi connectivity index (χ3n) is 19.0. The summed E-state index contributed by atoms with van der Waals surface area (Å²) in [5, 5.41) is 89.1. The van der Waals surface area contributed by atoms with Crippen LogP contribution in [0.5, 0.6) is 0 Å². The Hall–Kier alpha value is -14.4. The number of carboxylic acid groups (broad SMARTS) is 2. The van der Waals surface area contributed by atoms with Crippen LogP contribution in [-0.4, -0.2) is 250 Å². The van der Waals surface area contributed by atoms with Gasteiger partial charge in [0.15, 0.2) is 23.8 Å². The average Bonchev–Trinajstić information content (AvgIpc) is 0.855. The van der Waals surface area contributed by atoms with Gasteiger partial charge in [0.2, 0.25) is 70.1 Å². The fourth-order valence-corrected chi connectivity index (χ4v) is 12.8. The number of carboxylic acids is 2. The van der Waals surface area contributed by atoms with Crippen LogP contribution in [0.3, 0.4) is 0 Å². The fraction of sp³-hybridized carbons (Fsp3) is 0.405. The Morgan fingerprint density at radius 1 is 0.402 bits per heavy atom. The maximum absolute atomic E-state index is 14.5. The third kappa shape index (κ3) is 34.3. The molecule has 43 nitrogen and oxygen atoms in total. The number of pyridine rings is 1. The highest BCUT2D eigenvalue weighted by atomic mass is 16.4. The fourth-order valence-electron chi connectivity index (χ4n) is 12.8. The monoisotopic (exact) mass is 1690 g/mol. The number of likely N-dealkylation sites (N-methyl/N-ethyl adjacent to an activating group) is 2. The first-order valence-corrected chi connectivity index (χ1v) is 39.4. The molecule has 3 heterocycles. The van der Waals surface area contributed by atoms with Gasteiger partial charge in [0, 0.05) is 124 Å². The van der Waals surface area contributed by atoms with E-state index in [0.29, 0.717) is 44.9 Å². The summed E-state index contributed by atoms with van der Waals surface area (Å²) in [5.41, 5.74) is 25.9. The molecular weight excluding hydrogens is 1580 g/mol. The van der Waals surface area contributed by atoms with Gasteiger partial charge in [-0.15, -0.1) is 0 Å². The molecule has 654 valence electrons. The van der Waals surface area contributed by atoms with Gasteiger partial charge >= 0.3 is 11.9 Å². The predicted octanol–water partition coefficient (Wildman–Crippen LogP) is -3.15. The molecule has 122 heavy (non-hydrogen) atoms. The Labute approximate surface area is 701 Å². The van der Waals surface area contributed by atoms with Crippen LogP contribution in [0.15, 0.2) is 128 Å². The van der Waals surface area contributed by atoms with E-state index in [4.69, 9.17) is 44.6 Å². The van der Waals surface area contributed by atoms with Gasteiger partial charge in [-0.2, -0.15) is 0 Å². The van der Waals surface area contributed by atoms with Crippen molar-refractivity contribution in [3.8, 4) is 0 Å². The van der Waals surface area contributed by atoms with Crippen LogP contribution in [-0.2, 0) is 83.2 Å². The molecule has 43 heteroatoms. The highest BCUT2D eigenvalue weighted by Gasteiger charge is 2.35. The van der Waals surface area contributed by atoms with Crippen LogP contribution in [0.25, 0.3) is 21.8 Å². The molecule has 0 aliphatic heterocycles. The lowest BCUT2D eigenvalue weighted by Gasteiger charge is -2.26. The number of fused-ring (bicyclic) bond motifs is 2. The minimum atomic E-state index is -1.41. The zero-order valence-corrected chi connectivity index (χ0v) is 67.7. The molecule has 7 aromatic rings. The maximum Gasteiger partial charge on any atom is 0.326 e. The summed E-state index contributed by atoms with van der Waals surface area (Å²) >= 11 is 0. The molecule has 0 bridgehead atoms. The Kier molecular flexibility index (Phi) is 38.1. The first-order chi connectivity index (χ1) is 58.3. The van der Waals surface area contributed by atoms with Crippen molar-refractivity contribution in [1.29, 1.82) is 21.6 Å². The first kappa shape index (κ1) is 94.8. The summed E-state index contributed by atoms with van der Waals surface area (Å²) in [4.78, 5) is 185. The lowest BCUT2D eigenvalue weighted by Crippen LogP contribution is -2.58. The van der Waals surface area contributed by atoms with Crippen LogP contribution in [0, 0.1) is 21.6 Å². The lowest BCUT2D eigenvalue weighted by molar-refractivity contribution is -0.310. The number of aromatic amines is 3. The van der Waals surface area contributed by atoms with Crippen molar-refractivity contribution >= 4 is 128 Å². The van der Waals surface area contributed by atoms with Crippen molar-refractivity contribution in [2.75, 3.05) is 77.1 Å². The number of imidazole rings is 2. The van der Waals surface area contributed by atoms with Crippen molar-refractivity contribution in [1.82, 2.24) is 93.5 Å². The summed E-state index contributed by atoms with van der Waals surface area (Å²) < 4.78 is 0. The molecular formula is C79H110N29O14+. The lowest BCUT2D eigenvalue weighted by atomic mass is 10.0. The Bertz CT molecular complexity index is 4450. The zero-order valence-electron chi connectivity index (χ0n) is 67.7. The SMILES string of the molecule is CN(CCC(=O)Nc1ccc2cc3ccc(NC(=O)CCN(C)CC(=O)N[C@@H](Cc4ccccc4)C(=O)N[C@@H](CCCNC(=N)N)C(=O)N[C@@H](Cc4c[nH]cn4)C(=O)N[C@@H](CCCNC(=N)N)C(=O)O)cc3[nH+]c2c1)CC(=O)N[C@@H](Cc1ccccc1)C(=O)N[C@@H](CCCNC(=N)N)C(=O)N[C@@H](Cc1c[nH]cn1)C(=O)N[C@@H](CCCNC(=N)N)C(=O)O. The topological polar surface area (TPSA) is 691 Å². The molecule has 0 spiro atoms. The van der Waals surface area contributed by atoms with Crippen LogP contribution < -0.4 is 102 Å². The molecule has 31 N–H and O–H groups in total. The van der Waals surface area contributed by atoms with Crippen molar-refractivity contribution in [3.05, 3.63) is 151 Å². The number of rotatable bonds is 52. The van der Waals surface area contributed by atoms with Crippen molar-refractivity contribution < 1.29 is 72.7 Å². The number of anilines is 2. The molecule has 10 amide bonds. The number of hydrogen-bond acceptors (Lipinski definition) is 20. The highest BCUT2D eigenvalue weighted by molar-refractivity contribution is 6.00. The van der Waals surface area contributed by atoms with Gasteiger partial charge in [-0.3, -0.25) is 79.4 Å². The van der Waals surface area contributed by atoms with E-state index in [-0.39, 0.29) is 178 Å². The van der Waals surface area contributed by atoms with Crippen LogP contribution in [0.1, 0.15) is 86.7 Å². The predicted molar refractivity (Wildman–Crippen MR) is 452 cm³/mol. The van der Waals surface area contributed by atoms with Gasteiger partial charge in [0.05, 0.1) is 37.1 Å². The molecule has 0 saturated heterocycles. The van der Waals surface area contributed by atoms with Gasteiger partial charge in [0.25, 0.3) is 0 Å². The molecule has 0 saturated carbocycles. The van der Waals surface area contributed by atoms with Gasteiger partial charge in [-0.1, -0.05) is 60.7 Å². The van der Waals surface area contributed by atoms with E-state index in [1.54, 1.807) is 109 Å². The van der Waals surface area contributed by atoms with Crippen LogP contribution in [0.4, 0.5) is 11.4 Å². The Balaban J connectivity index is 0.932. The number of carbonyl (C=O) groups excluding carboxylic acids is 10. The number of H-pyrrole nitrogens is 3. The van der Waals surface area contributed by atoms with Crippen LogP contribution >= 0.6 is 0 Å². The number of nitrogens with two attached hydrogens (primary N) is 4. The van der Waals surface area contributed by atoms with E-state index in [9.17, 15) is 67.7 Å². The summed E-state index contributed by atoms with van der Waals surface area (Å²) in [6, 6.07) is 19.2. The molecule has 0 unspecified atom stereocenters. The normalized spacial score (nSPS) is 13.0. The second-order valence-corrected chi connectivity index (χ2v) is 29.1. The van der Waals surface area contributed by atoms with Crippen LogP contribution in [0.2, 0.25) is 0 Å². The average molecular weight is 1690 g/mol. The number of aliphatic carboxylic acids is 2. The summed E-state index contributed by atoms with van der Waals surface area (Å²) in [5.74, 6) is -10.9. The molecule has 4 aromatic carbocycles. The van der Waals surface area contributed by atoms with E-state index in [1.807, 2.05) is 18.2 Å². The molecule has 8 atom stereocenters. The molecule has 0 radical (unpaired) electrons. The van der Waals surface area contributed by atoms with Gasteiger partial charge in [-0.25, -0.2) is 24.5 Å². The minimum Gasteiger partial charge on any atom is -0.480 e. The number of amides is 10. The first-order valence-electron chi connectivity index (χ1n) is 39.4. The second-order valence-electron chi connectivity index (χ2n) is 29.1. The smallest absolute Gasteiger partial charge is 0.326 e. The summed E-state index contributed by atoms with van der Waals surface area (Å²) in [6.45, 7) is 0.177. The standard InChI is InChI=1S/C79H109N29O14/c1-107(42-66(111)99-60(33-46-13-5-3-6-14-46)70(115)101-54(17-9-27-90-76(80)81)68(113)105-62(38-52-40-88-44-94-52)72(117)103-56(74(119)120)19-11-29-92-78(84)85)31-25-64(109)96-50-23-21-48-35-49-22-24-51(37-59(49)98-58(48)36-50)97-65(110)26-32-108(2)43-67(112)100-61(34-47-15-7-4-8-16-47)71(116)102-55(18-10-28-91-77(82)83)69(114)106-63(39-53-41-89-45-95-53)73(118)104-57(75(121)122)20-12-30-93-79(86)87/h3-8,13-16,21-24,35-37,40-41,44-45,54-57,60-63H,9-12,17-20,25-34,38-39,42-43H2,1-2H3,(H,88,94)(H,89,95)(H,96,109)(H,97,110)(H,99,111)(H,100,112)(H,101,115)(H,102,116)(H,103,117)(H,104,118)(H,105,113)(H,106,114)(H,119,120)(H,121,122)(H4,80,81,90)(H4,82,83,91)(H4,84,85,92)(H4,86,87,93)/p+1/t54-,55-,56-,57-,60-,61-,62-,63-/m0/s1. The highest BCUT2D eigenvalue weighted by Crippen LogP contribution is 2.23. The largest absolute Gasteiger partial charge is 0.480 e. The second kappa shape index (κ2) is 49.1. The Morgan fingerprint density at radius 2 is 0.713 bits per heavy atom. The van der Waals surface area contributed by atoms with Gasteiger partial charge in [-0.05, 0) is 107 Å². The van der Waals surface area contributed by atoms with Crippen molar-refractivity contribution in [2.45, 2.75) is 138 Å². The number of carbonyl (C=O) groups is 12. The quantitative estimate of drug-likeness (QED) is 0.00775. The maximum atomic E-state index is 14.5. The molecule has 7 rings (SSSR count).